The molecular weight excluding hydrogens is 288 g/mol. The highest BCUT2D eigenvalue weighted by atomic mass is 14.2. The predicted octanol–water partition coefficient (Wildman–Crippen LogP) is 8.91. The van der Waals surface area contributed by atoms with Crippen molar-refractivity contribution < 1.29 is 0 Å². The van der Waals surface area contributed by atoms with Crippen molar-refractivity contribution in [3.63, 3.8) is 0 Å². The normalized spacial score (nSPS) is 14.0. The monoisotopic (exact) mass is 332 g/mol. The Bertz CT molecular complexity index is 323. The molecule has 0 heterocycles. The molecule has 0 saturated heterocycles. The topological polar surface area (TPSA) is 0 Å². The summed E-state index contributed by atoms with van der Waals surface area (Å²) in [4.78, 5) is 0. The van der Waals surface area contributed by atoms with Crippen LogP contribution in [0.25, 0.3) is 0 Å². The molecule has 0 unspecified atom stereocenters. The fourth-order valence-electron chi connectivity index (χ4n) is 3.96. The zero-order valence-electron chi connectivity index (χ0n) is 16.7. The van der Waals surface area contributed by atoms with E-state index in [9.17, 15) is 0 Å². The first-order valence-electron chi connectivity index (χ1n) is 11.2. The number of hydrogen-bond donors (Lipinski definition) is 0. The van der Waals surface area contributed by atoms with E-state index in [1.54, 1.807) is 5.57 Å². The summed E-state index contributed by atoms with van der Waals surface area (Å²) >= 11 is 0. The zero-order valence-corrected chi connectivity index (χ0v) is 16.7. The molecule has 140 valence electrons. The quantitative estimate of drug-likeness (QED) is 0.173. The molecule has 0 nitrogen and oxygen atoms in total. The van der Waals surface area contributed by atoms with Crippen molar-refractivity contribution >= 4 is 0 Å². The molecule has 0 bridgehead atoms. The Labute approximate surface area is 153 Å². The van der Waals surface area contributed by atoms with Gasteiger partial charge in [0, 0.05) is 0 Å². The Hall–Kier alpha value is -0.520. The van der Waals surface area contributed by atoms with E-state index in [-0.39, 0.29) is 0 Å². The molecule has 0 saturated carbocycles. The second-order valence-corrected chi connectivity index (χ2v) is 7.84. The van der Waals surface area contributed by atoms with Gasteiger partial charge < -0.3 is 0 Å². The van der Waals surface area contributed by atoms with Crippen molar-refractivity contribution in [3.05, 3.63) is 23.8 Å². The van der Waals surface area contributed by atoms with Crippen LogP contribution >= 0.6 is 0 Å². The van der Waals surface area contributed by atoms with Crippen molar-refractivity contribution in [1.29, 1.82) is 0 Å². The van der Waals surface area contributed by atoms with Gasteiger partial charge in [-0.2, -0.15) is 0 Å². The molecule has 0 heteroatoms. The van der Waals surface area contributed by atoms with Crippen LogP contribution in [0, 0.1) is 0 Å². The van der Waals surface area contributed by atoms with Crippen molar-refractivity contribution in [3.8, 4) is 0 Å². The molecule has 0 N–H and O–H groups in total. The van der Waals surface area contributed by atoms with Gasteiger partial charge in [-0.1, -0.05) is 101 Å². The van der Waals surface area contributed by atoms with E-state index < -0.39 is 0 Å². The van der Waals surface area contributed by atoms with E-state index in [1.807, 2.05) is 11.6 Å². The molecular formula is C24H44. The second kappa shape index (κ2) is 16.0. The molecule has 1 rings (SSSR count). The third-order valence-corrected chi connectivity index (χ3v) is 5.79. The van der Waals surface area contributed by atoms with E-state index in [4.69, 9.17) is 0 Å². The van der Waals surface area contributed by atoms with Gasteiger partial charge in [0.05, 0.1) is 0 Å². The van der Waals surface area contributed by atoms with Gasteiger partial charge in [-0.05, 0) is 44.9 Å². The Morgan fingerprint density at radius 1 is 0.625 bits per heavy atom. The first-order valence-corrected chi connectivity index (χ1v) is 11.2. The number of hydrogen-bond acceptors (Lipinski definition) is 0. The summed E-state index contributed by atoms with van der Waals surface area (Å²) in [5.41, 5.74) is 3.60. The van der Waals surface area contributed by atoms with Crippen LogP contribution in [0.5, 0.6) is 0 Å². The molecule has 24 heavy (non-hydrogen) atoms. The third-order valence-electron chi connectivity index (χ3n) is 5.79. The summed E-state index contributed by atoms with van der Waals surface area (Å²) < 4.78 is 0. The summed E-state index contributed by atoms with van der Waals surface area (Å²) in [7, 11) is 0. The smallest absolute Gasteiger partial charge is 0.0280 e. The van der Waals surface area contributed by atoms with E-state index in [0.29, 0.717) is 0 Å². The lowest BCUT2D eigenvalue weighted by molar-refractivity contribution is 0.531. The van der Waals surface area contributed by atoms with E-state index >= 15 is 0 Å². The lowest BCUT2D eigenvalue weighted by Crippen LogP contribution is -2.03. The Morgan fingerprint density at radius 3 is 1.42 bits per heavy atom. The van der Waals surface area contributed by atoms with Gasteiger partial charge in [0.15, 0.2) is 0 Å². The minimum absolute atomic E-state index is 1.21. The van der Waals surface area contributed by atoms with Crippen LogP contribution in [0.1, 0.15) is 129 Å². The first kappa shape index (κ1) is 21.5. The Morgan fingerprint density at radius 2 is 1.04 bits per heavy atom. The van der Waals surface area contributed by atoms with Crippen molar-refractivity contribution in [2.75, 3.05) is 0 Å². The lowest BCUT2D eigenvalue weighted by Gasteiger charge is -2.23. The SMILES string of the molecule is C=CCCCCCCCCCCCCCCCCC1=C(CC)CC1. The summed E-state index contributed by atoms with van der Waals surface area (Å²) in [5.74, 6) is 0. The highest BCUT2D eigenvalue weighted by Crippen LogP contribution is 2.33. The standard InChI is InChI=1S/C24H44/c1-3-5-6-7-8-9-10-11-12-13-14-15-16-17-18-19-20-24-22-21-23(24)4-2/h3H,1,4-22H2,2H3. The zero-order chi connectivity index (χ0) is 17.3. The van der Waals surface area contributed by atoms with Gasteiger partial charge in [-0.3, -0.25) is 0 Å². The number of rotatable bonds is 18. The molecule has 1 aliphatic carbocycles. The number of allylic oxidation sites excluding steroid dienone is 3. The largest absolute Gasteiger partial charge is 0.103 e. The van der Waals surface area contributed by atoms with Crippen LogP contribution in [0.4, 0.5) is 0 Å². The molecule has 0 atom stereocenters. The van der Waals surface area contributed by atoms with Gasteiger partial charge in [-0.15, -0.1) is 6.58 Å². The summed E-state index contributed by atoms with van der Waals surface area (Å²) in [6, 6.07) is 0. The number of unbranched alkanes of at least 4 members (excludes halogenated alkanes) is 14. The van der Waals surface area contributed by atoms with Gasteiger partial charge in [0.1, 0.15) is 0 Å². The van der Waals surface area contributed by atoms with Crippen LogP contribution in [-0.4, -0.2) is 0 Å². The average molecular weight is 333 g/mol. The lowest BCUT2D eigenvalue weighted by atomic mass is 9.83. The fourth-order valence-corrected chi connectivity index (χ4v) is 3.96. The molecule has 0 spiro atoms. The van der Waals surface area contributed by atoms with Crippen LogP contribution < -0.4 is 0 Å². The Balaban J connectivity index is 1.70. The van der Waals surface area contributed by atoms with Crippen LogP contribution in [-0.2, 0) is 0 Å². The van der Waals surface area contributed by atoms with Crippen molar-refractivity contribution in [2.24, 2.45) is 0 Å². The van der Waals surface area contributed by atoms with Crippen molar-refractivity contribution in [1.82, 2.24) is 0 Å². The highest BCUT2D eigenvalue weighted by molar-refractivity contribution is 5.23. The molecule has 0 amide bonds. The van der Waals surface area contributed by atoms with Crippen LogP contribution in [0.15, 0.2) is 23.8 Å². The van der Waals surface area contributed by atoms with Gasteiger partial charge in [-0.25, -0.2) is 0 Å². The van der Waals surface area contributed by atoms with Gasteiger partial charge >= 0.3 is 0 Å². The van der Waals surface area contributed by atoms with E-state index in [1.165, 1.54) is 122 Å². The van der Waals surface area contributed by atoms with Gasteiger partial charge in [0.25, 0.3) is 0 Å². The first-order chi connectivity index (χ1) is 11.9. The minimum atomic E-state index is 1.21. The molecule has 1 aliphatic rings. The summed E-state index contributed by atoms with van der Waals surface area (Å²) in [6.07, 6.45) is 29.1. The molecule has 0 aliphatic heterocycles. The fraction of sp³-hybridized carbons (Fsp3) is 0.833. The average Bonchev–Trinajstić information content (AvgIpc) is 2.57. The summed E-state index contributed by atoms with van der Waals surface area (Å²) in [5, 5.41) is 0. The maximum Gasteiger partial charge on any atom is -0.0280 e. The molecule has 0 aromatic heterocycles. The summed E-state index contributed by atoms with van der Waals surface area (Å²) in [6.45, 7) is 6.10. The highest BCUT2D eigenvalue weighted by Gasteiger charge is 2.13. The van der Waals surface area contributed by atoms with E-state index in [0.717, 1.165) is 0 Å². The van der Waals surface area contributed by atoms with Crippen LogP contribution in [0.2, 0.25) is 0 Å². The van der Waals surface area contributed by atoms with Crippen LogP contribution in [0.3, 0.4) is 0 Å². The maximum absolute atomic E-state index is 3.78. The van der Waals surface area contributed by atoms with E-state index in [2.05, 4.69) is 13.5 Å². The predicted molar refractivity (Wildman–Crippen MR) is 111 cm³/mol. The minimum Gasteiger partial charge on any atom is -0.103 e. The third kappa shape index (κ3) is 11.1. The van der Waals surface area contributed by atoms with Crippen molar-refractivity contribution in [2.45, 2.75) is 129 Å². The van der Waals surface area contributed by atoms with Gasteiger partial charge in [0.2, 0.25) is 0 Å². The molecule has 0 radical (unpaired) electrons. The second-order valence-electron chi connectivity index (χ2n) is 7.84. The molecule has 0 fully saturated rings. The molecule has 0 aromatic carbocycles. The molecule has 0 aromatic rings. The Kier molecular flexibility index (Phi) is 14.3. The maximum atomic E-state index is 3.78.